The van der Waals surface area contributed by atoms with Gasteiger partial charge in [-0.3, -0.25) is 0 Å². The zero-order chi connectivity index (χ0) is 10.8. The maximum Gasteiger partial charge on any atom is 0.186 e. The van der Waals surface area contributed by atoms with Crippen LogP contribution in [-0.2, 0) is 11.5 Å². The molecule has 14 heavy (non-hydrogen) atoms. The topological polar surface area (TPSA) is 63.7 Å². The van der Waals surface area contributed by atoms with Crippen molar-refractivity contribution in [2.75, 3.05) is 0 Å². The van der Waals surface area contributed by atoms with Crippen molar-refractivity contribution >= 4 is 8.32 Å². The summed E-state index contributed by atoms with van der Waals surface area (Å²) in [5.41, 5.74) is 0.581. The second-order valence-corrected chi connectivity index (χ2v) is 8.46. The van der Waals surface area contributed by atoms with E-state index >= 15 is 0 Å². The molecular formula is C8H14N4OSi. The van der Waals surface area contributed by atoms with Gasteiger partial charge in [-0.1, -0.05) is 0 Å². The van der Waals surface area contributed by atoms with Crippen LogP contribution in [0.2, 0.25) is 19.6 Å². The van der Waals surface area contributed by atoms with Crippen molar-refractivity contribution in [2.24, 2.45) is 7.05 Å². The molecule has 0 aliphatic rings. The molecule has 5 nitrogen and oxygen atoms in total. The molecule has 6 heteroatoms. The molecule has 0 aliphatic carbocycles. The van der Waals surface area contributed by atoms with Crippen LogP contribution in [0, 0.1) is 11.3 Å². The Morgan fingerprint density at radius 1 is 1.57 bits per heavy atom. The fraction of sp³-hybridized carbons (Fsp3) is 0.625. The van der Waals surface area contributed by atoms with E-state index in [9.17, 15) is 0 Å². The Balaban J connectivity index is 2.79. The minimum Gasteiger partial charge on any atom is -0.398 e. The predicted octanol–water partition coefficient (Wildman–Crippen LogP) is 1.23. The largest absolute Gasteiger partial charge is 0.398 e. The predicted molar refractivity (Wildman–Crippen MR) is 53.8 cm³/mol. The monoisotopic (exact) mass is 210 g/mol. The van der Waals surface area contributed by atoms with E-state index in [0.717, 1.165) is 0 Å². The molecule has 0 fully saturated rings. The molecule has 1 rings (SSSR count). The molecule has 0 bridgehead atoms. The van der Waals surface area contributed by atoms with Crippen LogP contribution in [0.25, 0.3) is 0 Å². The van der Waals surface area contributed by atoms with E-state index in [2.05, 4.69) is 16.3 Å². The van der Waals surface area contributed by atoms with Gasteiger partial charge >= 0.3 is 0 Å². The van der Waals surface area contributed by atoms with Gasteiger partial charge in [0.05, 0.1) is 6.20 Å². The standard InChI is InChI=1S/C8H14N4OSi/c1-12-10-6-7(11-12)8(5-9)13-14(2,3)4/h6,8H,1-4H3. The van der Waals surface area contributed by atoms with Gasteiger partial charge in [-0.15, -0.1) is 0 Å². The van der Waals surface area contributed by atoms with E-state index < -0.39 is 14.4 Å². The van der Waals surface area contributed by atoms with Crippen LogP contribution in [0.15, 0.2) is 6.20 Å². The molecule has 1 aromatic rings. The summed E-state index contributed by atoms with van der Waals surface area (Å²) in [6, 6.07) is 2.08. The van der Waals surface area contributed by atoms with E-state index in [1.165, 1.54) is 4.80 Å². The van der Waals surface area contributed by atoms with Crippen molar-refractivity contribution in [1.82, 2.24) is 15.0 Å². The molecule has 0 N–H and O–H groups in total. The Hall–Kier alpha value is -1.19. The number of nitriles is 1. The Bertz CT molecular complexity index is 349. The number of hydrogen-bond acceptors (Lipinski definition) is 4. The first kappa shape index (κ1) is 10.9. The SMILES string of the molecule is Cn1ncc(C(C#N)O[Si](C)(C)C)n1. The van der Waals surface area contributed by atoms with Crippen LogP contribution in [-0.4, -0.2) is 23.3 Å². The van der Waals surface area contributed by atoms with Crippen LogP contribution in [0.4, 0.5) is 0 Å². The number of nitrogens with zero attached hydrogens (tertiary/aromatic N) is 4. The summed E-state index contributed by atoms with van der Waals surface area (Å²) in [5.74, 6) is 0. The summed E-state index contributed by atoms with van der Waals surface area (Å²) in [4.78, 5) is 1.42. The highest BCUT2D eigenvalue weighted by Gasteiger charge is 2.23. The summed E-state index contributed by atoms with van der Waals surface area (Å²) in [7, 11) is 0.000404. The highest BCUT2D eigenvalue weighted by molar-refractivity contribution is 6.69. The first-order chi connectivity index (χ1) is 6.42. The molecular weight excluding hydrogens is 196 g/mol. The molecule has 0 aliphatic heterocycles. The van der Waals surface area contributed by atoms with Crippen LogP contribution < -0.4 is 0 Å². The normalized spacial score (nSPS) is 13.6. The third-order valence-corrected chi connectivity index (χ3v) is 2.42. The number of aryl methyl sites for hydroxylation is 1. The first-order valence-corrected chi connectivity index (χ1v) is 7.77. The second-order valence-electron chi connectivity index (χ2n) is 4.00. The van der Waals surface area contributed by atoms with E-state index in [4.69, 9.17) is 9.69 Å². The zero-order valence-electron chi connectivity index (χ0n) is 8.85. The van der Waals surface area contributed by atoms with Crippen LogP contribution in [0.1, 0.15) is 11.8 Å². The second kappa shape index (κ2) is 3.90. The van der Waals surface area contributed by atoms with E-state index in [1.807, 2.05) is 19.6 Å². The summed E-state index contributed by atoms with van der Waals surface area (Å²) in [6.07, 6.45) is 0.976. The lowest BCUT2D eigenvalue weighted by Crippen LogP contribution is -2.27. The fourth-order valence-corrected chi connectivity index (χ4v) is 1.87. The average Bonchev–Trinajstić information content (AvgIpc) is 2.46. The van der Waals surface area contributed by atoms with E-state index in [1.54, 1.807) is 13.2 Å². The van der Waals surface area contributed by atoms with Crippen LogP contribution >= 0.6 is 0 Å². The fourth-order valence-electron chi connectivity index (χ4n) is 0.988. The Labute approximate surface area is 84.4 Å². The van der Waals surface area contributed by atoms with Crippen molar-refractivity contribution in [2.45, 2.75) is 25.7 Å². The summed E-state index contributed by atoms with van der Waals surface area (Å²) in [6.45, 7) is 6.11. The highest BCUT2D eigenvalue weighted by Crippen LogP contribution is 2.18. The van der Waals surface area contributed by atoms with Gasteiger partial charge in [0.1, 0.15) is 11.8 Å². The number of hydrogen-bond donors (Lipinski definition) is 0. The van der Waals surface area contributed by atoms with Gasteiger partial charge in [0, 0.05) is 7.05 Å². The lowest BCUT2D eigenvalue weighted by atomic mass is 10.3. The lowest BCUT2D eigenvalue weighted by molar-refractivity contribution is 0.249. The molecule has 1 aromatic heterocycles. The first-order valence-electron chi connectivity index (χ1n) is 4.36. The minimum atomic E-state index is -1.71. The Morgan fingerprint density at radius 3 is 2.57 bits per heavy atom. The van der Waals surface area contributed by atoms with Gasteiger partial charge in [0.15, 0.2) is 14.4 Å². The lowest BCUT2D eigenvalue weighted by Gasteiger charge is -2.19. The average molecular weight is 210 g/mol. The van der Waals surface area contributed by atoms with Gasteiger partial charge < -0.3 is 4.43 Å². The molecule has 1 heterocycles. The minimum absolute atomic E-state index is 0.581. The molecule has 0 saturated heterocycles. The molecule has 0 aromatic carbocycles. The van der Waals surface area contributed by atoms with Gasteiger partial charge in [0.2, 0.25) is 0 Å². The Kier molecular flexibility index (Phi) is 3.03. The van der Waals surface area contributed by atoms with Crippen LogP contribution in [0.5, 0.6) is 0 Å². The molecule has 76 valence electrons. The van der Waals surface area contributed by atoms with E-state index in [-0.39, 0.29) is 0 Å². The highest BCUT2D eigenvalue weighted by atomic mass is 28.4. The number of aromatic nitrogens is 3. The summed E-state index contributed by atoms with van der Waals surface area (Å²) >= 11 is 0. The molecule has 0 saturated carbocycles. The maximum atomic E-state index is 8.92. The Morgan fingerprint density at radius 2 is 2.21 bits per heavy atom. The van der Waals surface area contributed by atoms with E-state index in [0.29, 0.717) is 5.69 Å². The third-order valence-electron chi connectivity index (χ3n) is 1.47. The van der Waals surface area contributed by atoms with Gasteiger partial charge in [-0.25, -0.2) is 0 Å². The van der Waals surface area contributed by atoms with Crippen molar-refractivity contribution in [3.05, 3.63) is 11.9 Å². The molecule has 1 unspecified atom stereocenters. The summed E-state index contributed by atoms with van der Waals surface area (Å²) in [5, 5.41) is 16.9. The molecule has 0 amide bonds. The van der Waals surface area contributed by atoms with Gasteiger partial charge in [-0.05, 0) is 19.6 Å². The molecule has 0 radical (unpaired) electrons. The van der Waals surface area contributed by atoms with Crippen molar-refractivity contribution in [1.29, 1.82) is 5.26 Å². The van der Waals surface area contributed by atoms with Crippen molar-refractivity contribution in [3.8, 4) is 6.07 Å². The van der Waals surface area contributed by atoms with Gasteiger partial charge in [-0.2, -0.15) is 20.3 Å². The maximum absolute atomic E-state index is 8.92. The smallest absolute Gasteiger partial charge is 0.186 e. The van der Waals surface area contributed by atoms with Crippen LogP contribution in [0.3, 0.4) is 0 Å². The van der Waals surface area contributed by atoms with Crippen molar-refractivity contribution in [3.63, 3.8) is 0 Å². The van der Waals surface area contributed by atoms with Gasteiger partial charge in [0.25, 0.3) is 0 Å². The molecule has 0 spiro atoms. The number of rotatable bonds is 3. The zero-order valence-corrected chi connectivity index (χ0v) is 9.85. The quantitative estimate of drug-likeness (QED) is 0.704. The summed E-state index contributed by atoms with van der Waals surface area (Å²) < 4.78 is 5.65. The third kappa shape index (κ3) is 2.94. The molecule has 1 atom stereocenters. The van der Waals surface area contributed by atoms with Crippen molar-refractivity contribution < 1.29 is 4.43 Å².